The fourth-order valence-corrected chi connectivity index (χ4v) is 6.65. The number of likely N-dealkylation sites (N-methyl/N-ethyl adjacent to an activating group) is 1. The summed E-state index contributed by atoms with van der Waals surface area (Å²) in [5.41, 5.74) is 0.164. The molecule has 7 nitrogen and oxygen atoms in total. The summed E-state index contributed by atoms with van der Waals surface area (Å²) < 4.78 is 34.4. The smallest absolute Gasteiger partial charge is 0.223 e. The van der Waals surface area contributed by atoms with Gasteiger partial charge in [0.2, 0.25) is 15.9 Å². The van der Waals surface area contributed by atoms with Crippen LogP contribution in [0.25, 0.3) is 0 Å². The molecule has 2 fully saturated rings. The summed E-state index contributed by atoms with van der Waals surface area (Å²) in [7, 11) is -1.48. The van der Waals surface area contributed by atoms with Crippen molar-refractivity contribution in [3.05, 3.63) is 65.2 Å². The van der Waals surface area contributed by atoms with E-state index in [4.69, 9.17) is 16.3 Å². The van der Waals surface area contributed by atoms with Crippen LogP contribution >= 0.6 is 11.6 Å². The lowest BCUT2D eigenvalue weighted by Crippen LogP contribution is -2.53. The van der Waals surface area contributed by atoms with Gasteiger partial charge in [0.15, 0.2) is 0 Å². The van der Waals surface area contributed by atoms with Gasteiger partial charge in [0.25, 0.3) is 0 Å². The van der Waals surface area contributed by atoms with Crippen molar-refractivity contribution in [2.75, 3.05) is 52.9 Å². The minimum atomic E-state index is -3.54. The van der Waals surface area contributed by atoms with Gasteiger partial charge in [-0.3, -0.25) is 4.79 Å². The number of hydrogen-bond donors (Lipinski definition) is 0. The minimum absolute atomic E-state index is 0.0473. The van der Waals surface area contributed by atoms with Crippen LogP contribution in [-0.2, 0) is 20.6 Å². The lowest BCUT2D eigenvalue weighted by atomic mass is 9.78. The molecule has 2 aromatic rings. The number of nitrogens with zero attached hydrogens (tertiary/aromatic N) is 3. The van der Waals surface area contributed by atoms with Crippen LogP contribution in [-0.4, -0.2) is 81.4 Å². The van der Waals surface area contributed by atoms with E-state index in [9.17, 15) is 13.2 Å². The molecule has 1 atom stereocenters. The zero-order chi connectivity index (χ0) is 24.9. The van der Waals surface area contributed by atoms with Gasteiger partial charge in [0, 0.05) is 56.1 Å². The Balaban J connectivity index is 1.52. The highest BCUT2D eigenvalue weighted by molar-refractivity contribution is 7.88. The second-order valence-corrected chi connectivity index (χ2v) is 12.2. The maximum Gasteiger partial charge on any atom is 0.223 e. The van der Waals surface area contributed by atoms with Gasteiger partial charge >= 0.3 is 0 Å². The number of carbonyl (C=O) groups excluding carboxylic acids is 1. The normalized spacial score (nSPS) is 22.2. The van der Waals surface area contributed by atoms with Crippen LogP contribution < -0.4 is 4.74 Å². The molecule has 0 spiro atoms. The second-order valence-electron chi connectivity index (χ2n) is 9.78. The van der Waals surface area contributed by atoms with Crippen LogP contribution in [0.3, 0.4) is 0 Å². The molecule has 2 heterocycles. The lowest BCUT2D eigenvalue weighted by molar-refractivity contribution is -0.136. The van der Waals surface area contributed by atoms with Crippen LogP contribution in [0, 0.1) is 5.41 Å². The maximum atomic E-state index is 13.3. The predicted molar refractivity (Wildman–Crippen MR) is 138 cm³/mol. The number of amides is 1. The molecule has 0 bridgehead atoms. The molecule has 0 aliphatic carbocycles. The van der Waals surface area contributed by atoms with E-state index in [1.165, 1.54) is 0 Å². The summed E-state index contributed by atoms with van der Waals surface area (Å²) in [6.45, 7) is 4.08. The number of hydrogen-bond acceptors (Lipinski definition) is 5. The molecule has 0 saturated carbocycles. The third-order valence-corrected chi connectivity index (χ3v) is 9.00. The van der Waals surface area contributed by atoms with Crippen molar-refractivity contribution in [1.82, 2.24) is 14.1 Å². The van der Waals surface area contributed by atoms with Gasteiger partial charge in [-0.15, -0.1) is 0 Å². The molecule has 2 saturated heterocycles. The van der Waals surface area contributed by atoms with Crippen molar-refractivity contribution < 1.29 is 17.9 Å². The number of piperazine rings is 1. The summed E-state index contributed by atoms with van der Waals surface area (Å²) in [4.78, 5) is 17.5. The van der Waals surface area contributed by atoms with Gasteiger partial charge in [-0.1, -0.05) is 41.9 Å². The first kappa shape index (κ1) is 25.9. The zero-order valence-corrected chi connectivity index (χ0v) is 21.8. The molecule has 0 aromatic heterocycles. The van der Waals surface area contributed by atoms with E-state index in [-0.39, 0.29) is 31.2 Å². The van der Waals surface area contributed by atoms with E-state index in [0.717, 1.165) is 25.1 Å². The van der Waals surface area contributed by atoms with Gasteiger partial charge in [0.1, 0.15) is 5.75 Å². The highest BCUT2D eigenvalue weighted by Crippen LogP contribution is 2.37. The number of piperidine rings is 1. The van der Waals surface area contributed by atoms with E-state index in [1.807, 2.05) is 35.2 Å². The maximum absolute atomic E-state index is 13.3. The van der Waals surface area contributed by atoms with E-state index in [0.29, 0.717) is 36.8 Å². The van der Waals surface area contributed by atoms with Gasteiger partial charge in [-0.2, -0.15) is 0 Å². The number of ether oxygens (including phenoxy) is 1. The van der Waals surface area contributed by atoms with Gasteiger partial charge in [-0.25, -0.2) is 12.7 Å². The third kappa shape index (κ3) is 6.97. The Bertz CT molecular complexity index is 1090. The molecule has 0 unspecified atom stereocenters. The monoisotopic (exact) mass is 519 g/mol. The molecular weight excluding hydrogens is 486 g/mol. The van der Waals surface area contributed by atoms with Crippen LogP contribution in [0.1, 0.15) is 24.8 Å². The SMILES string of the molecule is CN1CCN(C(=O)C[C@]2(COc3ccc(Cl)cc3)CCCN(S(=O)(=O)Cc3ccccc3)C2)CC1. The van der Waals surface area contributed by atoms with Gasteiger partial charge < -0.3 is 14.5 Å². The highest BCUT2D eigenvalue weighted by atomic mass is 35.5. The fraction of sp³-hybridized carbons (Fsp3) is 0.500. The number of benzene rings is 2. The largest absolute Gasteiger partial charge is 0.493 e. The van der Waals surface area contributed by atoms with Crippen LogP contribution in [0.15, 0.2) is 54.6 Å². The summed E-state index contributed by atoms with van der Waals surface area (Å²) in [5.74, 6) is 0.680. The molecule has 2 aliphatic heterocycles. The standard InChI is InChI=1S/C26H34ClN3O4S/c1-28-14-16-29(17-15-28)25(31)18-26(21-34-24-10-8-23(27)9-11-24)12-5-13-30(20-26)35(32,33)19-22-6-3-2-4-7-22/h2-4,6-11H,5,12-21H2,1H3/t26-/m1/s1. The Kier molecular flexibility index (Phi) is 8.37. The Morgan fingerprint density at radius 3 is 2.37 bits per heavy atom. The number of sulfonamides is 1. The van der Waals surface area contributed by atoms with Crippen molar-refractivity contribution in [3.8, 4) is 5.75 Å². The summed E-state index contributed by atoms with van der Waals surface area (Å²) in [6.07, 6.45) is 1.69. The lowest BCUT2D eigenvalue weighted by Gasteiger charge is -2.43. The molecule has 4 rings (SSSR count). The van der Waals surface area contributed by atoms with Crippen LogP contribution in [0.4, 0.5) is 0 Å². The van der Waals surface area contributed by atoms with Crippen LogP contribution in [0.2, 0.25) is 5.02 Å². The van der Waals surface area contributed by atoms with E-state index >= 15 is 0 Å². The van der Waals surface area contributed by atoms with Crippen LogP contribution in [0.5, 0.6) is 5.75 Å². The molecule has 9 heteroatoms. The van der Waals surface area contributed by atoms with Crippen molar-refractivity contribution in [3.63, 3.8) is 0 Å². The molecule has 0 N–H and O–H groups in total. The summed E-state index contributed by atoms with van der Waals surface area (Å²) in [6, 6.07) is 16.3. The quantitative estimate of drug-likeness (QED) is 0.534. The van der Waals surface area contributed by atoms with Crippen molar-refractivity contribution >= 4 is 27.5 Å². The molecular formula is C26H34ClN3O4S. The Hall–Kier alpha value is -2.13. The average molecular weight is 520 g/mol. The molecule has 0 radical (unpaired) electrons. The first-order chi connectivity index (χ1) is 16.7. The molecule has 190 valence electrons. The molecule has 1 amide bonds. The highest BCUT2D eigenvalue weighted by Gasteiger charge is 2.43. The summed E-state index contributed by atoms with van der Waals surface area (Å²) >= 11 is 6.01. The first-order valence-corrected chi connectivity index (χ1v) is 14.1. The zero-order valence-electron chi connectivity index (χ0n) is 20.2. The van der Waals surface area contributed by atoms with Crippen molar-refractivity contribution in [1.29, 1.82) is 0 Å². The summed E-state index contributed by atoms with van der Waals surface area (Å²) in [5, 5.41) is 0.619. The average Bonchev–Trinajstić information content (AvgIpc) is 2.85. The number of halogens is 1. The second kappa shape index (κ2) is 11.3. The van der Waals surface area contributed by atoms with E-state index < -0.39 is 15.4 Å². The van der Waals surface area contributed by atoms with Gasteiger partial charge in [-0.05, 0) is 49.7 Å². The number of carbonyl (C=O) groups is 1. The first-order valence-electron chi connectivity index (χ1n) is 12.1. The fourth-order valence-electron chi connectivity index (χ4n) is 4.85. The minimum Gasteiger partial charge on any atom is -0.493 e. The Morgan fingerprint density at radius 2 is 1.69 bits per heavy atom. The Morgan fingerprint density at radius 1 is 1.00 bits per heavy atom. The van der Waals surface area contributed by atoms with Gasteiger partial charge in [0.05, 0.1) is 12.4 Å². The molecule has 2 aliphatic rings. The third-order valence-electron chi connectivity index (χ3n) is 6.95. The Labute approximate surface area is 213 Å². The van der Waals surface area contributed by atoms with Crippen molar-refractivity contribution in [2.45, 2.75) is 25.0 Å². The van der Waals surface area contributed by atoms with E-state index in [2.05, 4.69) is 11.9 Å². The van der Waals surface area contributed by atoms with E-state index in [1.54, 1.807) is 28.6 Å². The predicted octanol–water partition coefficient (Wildman–Crippen LogP) is 3.50. The number of rotatable bonds is 8. The molecule has 2 aromatic carbocycles. The van der Waals surface area contributed by atoms with Crippen molar-refractivity contribution in [2.24, 2.45) is 5.41 Å². The topological polar surface area (TPSA) is 70.2 Å². The molecule has 35 heavy (non-hydrogen) atoms.